The molecule has 2 saturated heterocycles. The molecule has 2 heterocycles. The molecule has 1 unspecified atom stereocenters. The van der Waals surface area contributed by atoms with Crippen molar-refractivity contribution >= 4 is 17.8 Å². The summed E-state index contributed by atoms with van der Waals surface area (Å²) in [5, 5.41) is 4.77. The van der Waals surface area contributed by atoms with Crippen molar-refractivity contribution in [1.82, 2.24) is 20.4 Å². The standard InChI is InChI=1S/C16H26N4O4/c1-2-5-17-16(23)18-14(21)12-19-6-3-4-13(11-19)15(22)20-7-9-24-10-8-20/h2,13H,1,3-12H2,(H2,17,18,21,23). The summed E-state index contributed by atoms with van der Waals surface area (Å²) in [7, 11) is 0. The van der Waals surface area contributed by atoms with Gasteiger partial charge < -0.3 is 15.0 Å². The summed E-state index contributed by atoms with van der Waals surface area (Å²) in [4.78, 5) is 39.7. The lowest BCUT2D eigenvalue weighted by Crippen LogP contribution is -2.50. The number of carbonyl (C=O) groups is 3. The number of imide groups is 1. The number of hydrogen-bond donors (Lipinski definition) is 2. The highest BCUT2D eigenvalue weighted by molar-refractivity contribution is 5.95. The molecule has 2 aliphatic rings. The second-order valence-electron chi connectivity index (χ2n) is 6.06. The van der Waals surface area contributed by atoms with Crippen LogP contribution in [-0.2, 0) is 14.3 Å². The first-order chi connectivity index (χ1) is 11.6. The lowest BCUT2D eigenvalue weighted by atomic mass is 9.96. The van der Waals surface area contributed by atoms with Gasteiger partial charge in [-0.15, -0.1) is 6.58 Å². The highest BCUT2D eigenvalue weighted by Gasteiger charge is 2.30. The Balaban J connectivity index is 1.77. The Labute approximate surface area is 142 Å². The quantitative estimate of drug-likeness (QED) is 0.664. The van der Waals surface area contributed by atoms with Gasteiger partial charge in [0, 0.05) is 26.2 Å². The SMILES string of the molecule is C=CCNC(=O)NC(=O)CN1CCCC(C(=O)N2CCOCC2)C1. The van der Waals surface area contributed by atoms with Gasteiger partial charge in [0.25, 0.3) is 0 Å². The van der Waals surface area contributed by atoms with Crippen molar-refractivity contribution in [2.45, 2.75) is 12.8 Å². The molecule has 1 atom stereocenters. The van der Waals surface area contributed by atoms with Gasteiger partial charge in [-0.2, -0.15) is 0 Å². The smallest absolute Gasteiger partial charge is 0.321 e. The number of urea groups is 1. The molecule has 2 aliphatic heterocycles. The number of carbonyl (C=O) groups excluding carboxylic acids is 3. The van der Waals surface area contributed by atoms with Crippen LogP contribution in [0.4, 0.5) is 4.79 Å². The summed E-state index contributed by atoms with van der Waals surface area (Å²) >= 11 is 0. The summed E-state index contributed by atoms with van der Waals surface area (Å²) in [5.74, 6) is -0.303. The minimum atomic E-state index is -0.530. The van der Waals surface area contributed by atoms with Gasteiger partial charge >= 0.3 is 6.03 Å². The molecule has 2 N–H and O–H groups in total. The predicted molar refractivity (Wildman–Crippen MR) is 88.3 cm³/mol. The van der Waals surface area contributed by atoms with Crippen LogP contribution in [0.25, 0.3) is 0 Å². The molecule has 0 aliphatic carbocycles. The van der Waals surface area contributed by atoms with E-state index in [0.717, 1.165) is 19.4 Å². The van der Waals surface area contributed by atoms with Gasteiger partial charge in [0.2, 0.25) is 11.8 Å². The molecule has 24 heavy (non-hydrogen) atoms. The highest BCUT2D eigenvalue weighted by atomic mass is 16.5. The van der Waals surface area contributed by atoms with Crippen LogP contribution in [0.15, 0.2) is 12.7 Å². The van der Waals surface area contributed by atoms with Crippen LogP contribution in [-0.4, -0.2) is 80.1 Å². The maximum absolute atomic E-state index is 12.6. The molecule has 0 radical (unpaired) electrons. The van der Waals surface area contributed by atoms with E-state index in [4.69, 9.17) is 4.74 Å². The second-order valence-corrected chi connectivity index (χ2v) is 6.06. The van der Waals surface area contributed by atoms with Gasteiger partial charge in [-0.1, -0.05) is 6.08 Å². The first kappa shape index (κ1) is 18.4. The van der Waals surface area contributed by atoms with E-state index < -0.39 is 6.03 Å². The molecule has 0 aromatic rings. The van der Waals surface area contributed by atoms with Crippen LogP contribution < -0.4 is 10.6 Å². The molecule has 0 aromatic heterocycles. The van der Waals surface area contributed by atoms with Crippen molar-refractivity contribution in [3.63, 3.8) is 0 Å². The Hall–Kier alpha value is -1.93. The van der Waals surface area contributed by atoms with E-state index >= 15 is 0 Å². The first-order valence-corrected chi connectivity index (χ1v) is 8.37. The Bertz CT molecular complexity index is 477. The number of nitrogens with zero attached hydrogens (tertiary/aromatic N) is 2. The van der Waals surface area contributed by atoms with Gasteiger partial charge in [-0.25, -0.2) is 4.79 Å². The van der Waals surface area contributed by atoms with E-state index in [1.165, 1.54) is 6.08 Å². The monoisotopic (exact) mass is 338 g/mol. The van der Waals surface area contributed by atoms with Crippen LogP contribution in [0.3, 0.4) is 0 Å². The molecule has 0 spiro atoms. The molecule has 8 heteroatoms. The molecule has 0 aromatic carbocycles. The van der Waals surface area contributed by atoms with E-state index in [1.807, 2.05) is 9.80 Å². The molecule has 8 nitrogen and oxygen atoms in total. The first-order valence-electron chi connectivity index (χ1n) is 8.37. The Morgan fingerprint density at radius 3 is 2.67 bits per heavy atom. The number of hydrogen-bond acceptors (Lipinski definition) is 5. The average molecular weight is 338 g/mol. The fourth-order valence-electron chi connectivity index (χ4n) is 3.02. The molecule has 2 rings (SSSR count). The summed E-state index contributed by atoms with van der Waals surface area (Å²) in [6.07, 6.45) is 3.25. The normalized spacial score (nSPS) is 21.8. The largest absolute Gasteiger partial charge is 0.378 e. The molecular weight excluding hydrogens is 312 g/mol. The predicted octanol–water partition coefficient (Wildman–Crippen LogP) is -0.431. The zero-order chi connectivity index (χ0) is 17.4. The van der Waals surface area contributed by atoms with E-state index in [1.54, 1.807) is 0 Å². The molecule has 0 saturated carbocycles. The zero-order valence-corrected chi connectivity index (χ0v) is 14.0. The molecular formula is C16H26N4O4. The molecule has 2 fully saturated rings. The maximum Gasteiger partial charge on any atom is 0.321 e. The number of rotatable bonds is 5. The maximum atomic E-state index is 12.6. The number of ether oxygens (including phenoxy) is 1. The van der Waals surface area contributed by atoms with Crippen LogP contribution in [0.1, 0.15) is 12.8 Å². The lowest BCUT2D eigenvalue weighted by Gasteiger charge is -2.35. The van der Waals surface area contributed by atoms with E-state index in [9.17, 15) is 14.4 Å². The van der Waals surface area contributed by atoms with E-state index in [-0.39, 0.29) is 24.3 Å². The third-order valence-corrected chi connectivity index (χ3v) is 4.20. The molecule has 0 bridgehead atoms. The molecule has 134 valence electrons. The van der Waals surface area contributed by atoms with Crippen molar-refractivity contribution in [3.05, 3.63) is 12.7 Å². The lowest BCUT2D eigenvalue weighted by molar-refractivity contribution is -0.142. The summed E-state index contributed by atoms with van der Waals surface area (Å²) < 4.78 is 5.27. The van der Waals surface area contributed by atoms with E-state index in [2.05, 4.69) is 17.2 Å². The number of likely N-dealkylation sites (tertiary alicyclic amines) is 1. The number of nitrogens with one attached hydrogen (secondary N) is 2. The fourth-order valence-corrected chi connectivity index (χ4v) is 3.02. The van der Waals surface area contributed by atoms with Crippen LogP contribution in [0.2, 0.25) is 0 Å². The number of morpholine rings is 1. The van der Waals surface area contributed by atoms with Crippen LogP contribution >= 0.6 is 0 Å². The average Bonchev–Trinajstić information content (AvgIpc) is 2.60. The van der Waals surface area contributed by atoms with Gasteiger partial charge in [-0.05, 0) is 19.4 Å². The van der Waals surface area contributed by atoms with Crippen molar-refractivity contribution in [3.8, 4) is 0 Å². The minimum Gasteiger partial charge on any atom is -0.378 e. The minimum absolute atomic E-state index is 0.0840. The second kappa shape index (κ2) is 9.39. The van der Waals surface area contributed by atoms with Crippen molar-refractivity contribution in [2.24, 2.45) is 5.92 Å². The van der Waals surface area contributed by atoms with E-state index in [0.29, 0.717) is 39.4 Å². The Morgan fingerprint density at radius 2 is 1.96 bits per heavy atom. The summed E-state index contributed by atoms with van der Waals surface area (Å²) in [5.41, 5.74) is 0. The number of amides is 4. The third-order valence-electron chi connectivity index (χ3n) is 4.20. The van der Waals surface area contributed by atoms with Gasteiger partial charge in [0.1, 0.15) is 0 Å². The van der Waals surface area contributed by atoms with Crippen LogP contribution in [0, 0.1) is 5.92 Å². The van der Waals surface area contributed by atoms with Crippen molar-refractivity contribution in [1.29, 1.82) is 0 Å². The van der Waals surface area contributed by atoms with Gasteiger partial charge in [-0.3, -0.25) is 19.8 Å². The zero-order valence-electron chi connectivity index (χ0n) is 14.0. The summed E-state index contributed by atoms with van der Waals surface area (Å²) in [6.45, 7) is 7.68. The highest BCUT2D eigenvalue weighted by Crippen LogP contribution is 2.19. The van der Waals surface area contributed by atoms with Crippen LogP contribution in [0.5, 0.6) is 0 Å². The topological polar surface area (TPSA) is 91.0 Å². The van der Waals surface area contributed by atoms with Gasteiger partial charge in [0.15, 0.2) is 0 Å². The Kier molecular flexibility index (Phi) is 7.20. The number of piperidine rings is 1. The third kappa shape index (κ3) is 5.61. The summed E-state index contributed by atoms with van der Waals surface area (Å²) in [6, 6.07) is -0.530. The fraction of sp³-hybridized carbons (Fsp3) is 0.688. The van der Waals surface area contributed by atoms with Crippen molar-refractivity contribution < 1.29 is 19.1 Å². The molecule has 4 amide bonds. The Morgan fingerprint density at radius 1 is 1.21 bits per heavy atom. The van der Waals surface area contributed by atoms with Crippen molar-refractivity contribution in [2.75, 3.05) is 52.5 Å². The van der Waals surface area contributed by atoms with Gasteiger partial charge in [0.05, 0.1) is 25.7 Å².